The predicted molar refractivity (Wildman–Crippen MR) is 87.1 cm³/mol. The van der Waals surface area contributed by atoms with Crippen LogP contribution in [-0.2, 0) is 0 Å². The number of rotatable bonds is 8. The lowest BCUT2D eigenvalue weighted by molar-refractivity contribution is -0.384. The van der Waals surface area contributed by atoms with Gasteiger partial charge in [-0.25, -0.2) is 0 Å². The molecule has 116 valence electrons. The lowest BCUT2D eigenvalue weighted by Crippen LogP contribution is -2.32. The SMILES string of the molecule is CCCNc1cc(N(CC2CC2)C(C)C)cc([N+](=O)[O-])c1. The summed E-state index contributed by atoms with van der Waals surface area (Å²) >= 11 is 0. The Morgan fingerprint density at radius 2 is 2.10 bits per heavy atom. The van der Waals surface area contributed by atoms with E-state index in [-0.39, 0.29) is 10.6 Å². The van der Waals surface area contributed by atoms with Crippen LogP contribution < -0.4 is 10.2 Å². The van der Waals surface area contributed by atoms with Gasteiger partial charge in [-0.05, 0) is 45.1 Å². The van der Waals surface area contributed by atoms with E-state index in [9.17, 15) is 10.1 Å². The summed E-state index contributed by atoms with van der Waals surface area (Å²) in [5.41, 5.74) is 1.94. The summed E-state index contributed by atoms with van der Waals surface area (Å²) in [4.78, 5) is 13.1. The Labute approximate surface area is 126 Å². The third-order valence-electron chi connectivity index (χ3n) is 3.80. The van der Waals surface area contributed by atoms with Crippen molar-refractivity contribution in [2.45, 2.75) is 46.1 Å². The molecule has 0 bridgehead atoms. The molecule has 1 N–H and O–H groups in total. The normalized spacial score (nSPS) is 14.3. The van der Waals surface area contributed by atoms with Crippen LogP contribution >= 0.6 is 0 Å². The highest BCUT2D eigenvalue weighted by Gasteiger charge is 2.26. The number of hydrogen-bond acceptors (Lipinski definition) is 4. The summed E-state index contributed by atoms with van der Waals surface area (Å²) in [6, 6.07) is 5.69. The maximum Gasteiger partial charge on any atom is 0.273 e. The van der Waals surface area contributed by atoms with Gasteiger partial charge in [-0.3, -0.25) is 10.1 Å². The zero-order chi connectivity index (χ0) is 15.4. The lowest BCUT2D eigenvalue weighted by atomic mass is 10.1. The zero-order valence-electron chi connectivity index (χ0n) is 13.1. The summed E-state index contributed by atoms with van der Waals surface area (Å²) in [5.74, 6) is 0.749. The molecule has 1 fully saturated rings. The quantitative estimate of drug-likeness (QED) is 0.580. The summed E-state index contributed by atoms with van der Waals surface area (Å²) in [6.07, 6.45) is 3.55. The van der Waals surface area contributed by atoms with E-state index in [1.54, 1.807) is 12.1 Å². The first-order valence-electron chi connectivity index (χ1n) is 7.81. The van der Waals surface area contributed by atoms with E-state index < -0.39 is 0 Å². The Morgan fingerprint density at radius 3 is 2.62 bits per heavy atom. The highest BCUT2D eigenvalue weighted by Crippen LogP contribution is 2.34. The molecule has 0 unspecified atom stereocenters. The van der Waals surface area contributed by atoms with Gasteiger partial charge in [0.1, 0.15) is 0 Å². The van der Waals surface area contributed by atoms with E-state index in [2.05, 4.69) is 31.0 Å². The number of hydrogen-bond donors (Lipinski definition) is 1. The third-order valence-corrected chi connectivity index (χ3v) is 3.80. The van der Waals surface area contributed by atoms with Gasteiger partial charge in [0.25, 0.3) is 5.69 Å². The Balaban J connectivity index is 2.29. The van der Waals surface area contributed by atoms with Crippen molar-refractivity contribution in [3.05, 3.63) is 28.3 Å². The van der Waals surface area contributed by atoms with Crippen LogP contribution in [0.2, 0.25) is 0 Å². The van der Waals surface area contributed by atoms with Crippen molar-refractivity contribution < 1.29 is 4.92 Å². The molecule has 0 aromatic heterocycles. The van der Waals surface area contributed by atoms with Crippen molar-refractivity contribution in [2.75, 3.05) is 23.3 Å². The largest absolute Gasteiger partial charge is 0.385 e. The molecule has 0 saturated heterocycles. The molecule has 0 atom stereocenters. The van der Waals surface area contributed by atoms with Crippen LogP contribution in [0.15, 0.2) is 18.2 Å². The first kappa shape index (κ1) is 15.6. The fourth-order valence-corrected chi connectivity index (χ4v) is 2.43. The molecule has 1 aromatic rings. The minimum Gasteiger partial charge on any atom is -0.385 e. The fourth-order valence-electron chi connectivity index (χ4n) is 2.43. The Hall–Kier alpha value is -1.78. The van der Waals surface area contributed by atoms with Crippen molar-refractivity contribution in [3.63, 3.8) is 0 Å². The number of non-ortho nitro benzene ring substituents is 1. The minimum atomic E-state index is -0.309. The molecule has 21 heavy (non-hydrogen) atoms. The summed E-state index contributed by atoms with van der Waals surface area (Å²) in [6.45, 7) is 8.18. The maximum atomic E-state index is 11.2. The van der Waals surface area contributed by atoms with E-state index in [4.69, 9.17) is 0 Å². The van der Waals surface area contributed by atoms with Crippen molar-refractivity contribution >= 4 is 17.1 Å². The van der Waals surface area contributed by atoms with Gasteiger partial charge in [-0.1, -0.05) is 6.92 Å². The van der Waals surface area contributed by atoms with Crippen LogP contribution in [0.1, 0.15) is 40.0 Å². The Bertz CT molecular complexity index is 498. The van der Waals surface area contributed by atoms with Gasteiger partial charge >= 0.3 is 0 Å². The minimum absolute atomic E-state index is 0.160. The second-order valence-electron chi connectivity index (χ2n) is 6.11. The third kappa shape index (κ3) is 4.34. The van der Waals surface area contributed by atoms with Crippen LogP contribution in [0, 0.1) is 16.0 Å². The van der Waals surface area contributed by atoms with Gasteiger partial charge in [0, 0.05) is 42.6 Å². The molecule has 5 nitrogen and oxygen atoms in total. The number of anilines is 2. The molecule has 0 amide bonds. The zero-order valence-corrected chi connectivity index (χ0v) is 13.1. The van der Waals surface area contributed by atoms with E-state index >= 15 is 0 Å². The van der Waals surface area contributed by atoms with E-state index in [0.29, 0.717) is 6.04 Å². The Morgan fingerprint density at radius 1 is 1.38 bits per heavy atom. The van der Waals surface area contributed by atoms with Gasteiger partial charge < -0.3 is 10.2 Å². The number of nitrogens with one attached hydrogen (secondary N) is 1. The second kappa shape index (κ2) is 6.78. The molecule has 5 heteroatoms. The first-order chi connectivity index (χ1) is 10.0. The highest BCUT2D eigenvalue weighted by molar-refractivity contribution is 5.65. The molecule has 1 aliphatic carbocycles. The predicted octanol–water partition coefficient (Wildman–Crippen LogP) is 4.04. The molecule has 0 radical (unpaired) electrons. The average molecular weight is 291 g/mol. The van der Waals surface area contributed by atoms with Crippen molar-refractivity contribution in [3.8, 4) is 0 Å². The average Bonchev–Trinajstić information content (AvgIpc) is 3.25. The molecule has 1 aromatic carbocycles. The molecular formula is C16H25N3O2. The molecule has 0 aliphatic heterocycles. The van der Waals surface area contributed by atoms with Gasteiger partial charge in [0.2, 0.25) is 0 Å². The first-order valence-corrected chi connectivity index (χ1v) is 7.81. The monoisotopic (exact) mass is 291 g/mol. The highest BCUT2D eigenvalue weighted by atomic mass is 16.6. The summed E-state index contributed by atoms with van der Waals surface area (Å²) in [7, 11) is 0. The maximum absolute atomic E-state index is 11.2. The molecular weight excluding hydrogens is 266 g/mol. The van der Waals surface area contributed by atoms with E-state index in [0.717, 1.165) is 36.8 Å². The molecule has 0 spiro atoms. The van der Waals surface area contributed by atoms with Gasteiger partial charge in [0.05, 0.1) is 4.92 Å². The molecule has 1 aliphatic rings. The van der Waals surface area contributed by atoms with E-state index in [1.165, 1.54) is 12.8 Å². The second-order valence-corrected chi connectivity index (χ2v) is 6.11. The topological polar surface area (TPSA) is 58.4 Å². The van der Waals surface area contributed by atoms with Crippen LogP contribution in [0.25, 0.3) is 0 Å². The lowest BCUT2D eigenvalue weighted by Gasteiger charge is -2.29. The number of nitrogens with zero attached hydrogens (tertiary/aromatic N) is 2. The number of nitro benzene ring substituents is 1. The smallest absolute Gasteiger partial charge is 0.273 e. The molecule has 1 saturated carbocycles. The van der Waals surface area contributed by atoms with Crippen molar-refractivity contribution in [2.24, 2.45) is 5.92 Å². The van der Waals surface area contributed by atoms with Crippen LogP contribution in [0.4, 0.5) is 17.1 Å². The number of nitro groups is 1. The summed E-state index contributed by atoms with van der Waals surface area (Å²) in [5, 5.41) is 14.4. The van der Waals surface area contributed by atoms with Gasteiger partial charge in [0.15, 0.2) is 0 Å². The number of benzene rings is 1. The van der Waals surface area contributed by atoms with Crippen LogP contribution in [0.3, 0.4) is 0 Å². The van der Waals surface area contributed by atoms with Crippen molar-refractivity contribution in [1.29, 1.82) is 0 Å². The van der Waals surface area contributed by atoms with Crippen LogP contribution in [-0.4, -0.2) is 24.1 Å². The fraction of sp³-hybridized carbons (Fsp3) is 0.625. The van der Waals surface area contributed by atoms with Crippen molar-refractivity contribution in [1.82, 2.24) is 0 Å². The van der Waals surface area contributed by atoms with Crippen LogP contribution in [0.5, 0.6) is 0 Å². The Kier molecular flexibility index (Phi) is 5.04. The molecule has 0 heterocycles. The summed E-state index contributed by atoms with van der Waals surface area (Å²) < 4.78 is 0. The standard InChI is InChI=1S/C16H25N3O2/c1-4-7-17-14-8-15(10-16(9-14)19(20)21)18(12(2)3)11-13-5-6-13/h8-10,12-13,17H,4-7,11H2,1-3H3. The van der Waals surface area contributed by atoms with Gasteiger partial charge in [-0.15, -0.1) is 0 Å². The molecule has 2 rings (SSSR count). The van der Waals surface area contributed by atoms with E-state index in [1.807, 2.05) is 6.07 Å². The van der Waals surface area contributed by atoms with Gasteiger partial charge in [-0.2, -0.15) is 0 Å².